The van der Waals surface area contributed by atoms with Gasteiger partial charge in [-0.05, 0) is 56.4 Å². The van der Waals surface area contributed by atoms with Crippen molar-refractivity contribution >= 4 is 56.5 Å². The second-order valence-electron chi connectivity index (χ2n) is 5.20. The van der Waals surface area contributed by atoms with Crippen molar-refractivity contribution in [2.75, 3.05) is 5.32 Å². The fourth-order valence-electron chi connectivity index (χ4n) is 1.92. The summed E-state index contributed by atoms with van der Waals surface area (Å²) in [5.41, 5.74) is 1.01. The molecule has 2 rings (SSSR count). The molecule has 0 saturated heterocycles. The molecule has 7 heteroatoms. The average Bonchev–Trinajstić information content (AvgIpc) is 2.50. The number of amides is 1. The summed E-state index contributed by atoms with van der Waals surface area (Å²) in [6.45, 7) is 3.79. The third kappa shape index (κ3) is 5.19. The SMILES string of the molecule is CC(C)Oc1ccc(Br)cc1C(=O)NC(=S)Nc1ccccc1Cl. The monoisotopic (exact) mass is 426 g/mol. The summed E-state index contributed by atoms with van der Waals surface area (Å²) in [5, 5.41) is 6.21. The van der Waals surface area contributed by atoms with E-state index in [1.54, 1.807) is 24.3 Å². The van der Waals surface area contributed by atoms with Crippen LogP contribution in [0.3, 0.4) is 0 Å². The van der Waals surface area contributed by atoms with Crippen LogP contribution in [0, 0.1) is 0 Å². The van der Waals surface area contributed by atoms with Crippen LogP contribution >= 0.6 is 39.7 Å². The molecule has 0 unspecified atom stereocenters. The molecule has 0 aliphatic heterocycles. The highest BCUT2D eigenvalue weighted by Gasteiger charge is 2.16. The number of thiocarbonyl (C=S) groups is 1. The Morgan fingerprint density at radius 2 is 1.96 bits per heavy atom. The van der Waals surface area contributed by atoms with Crippen molar-refractivity contribution < 1.29 is 9.53 Å². The summed E-state index contributed by atoms with van der Waals surface area (Å²) in [7, 11) is 0. The second kappa shape index (κ2) is 8.46. The Hall–Kier alpha value is -1.63. The third-order valence-electron chi connectivity index (χ3n) is 2.90. The Kier molecular flexibility index (Phi) is 6.60. The Labute approximate surface area is 159 Å². The topological polar surface area (TPSA) is 50.4 Å². The van der Waals surface area contributed by atoms with E-state index in [0.29, 0.717) is 22.0 Å². The number of halogens is 2. The van der Waals surface area contributed by atoms with E-state index in [0.717, 1.165) is 4.47 Å². The highest BCUT2D eigenvalue weighted by molar-refractivity contribution is 9.10. The highest BCUT2D eigenvalue weighted by atomic mass is 79.9. The number of anilines is 1. The Morgan fingerprint density at radius 1 is 1.25 bits per heavy atom. The lowest BCUT2D eigenvalue weighted by molar-refractivity contribution is 0.0972. The van der Waals surface area contributed by atoms with E-state index in [-0.39, 0.29) is 17.1 Å². The summed E-state index contributed by atoms with van der Waals surface area (Å²) < 4.78 is 6.45. The summed E-state index contributed by atoms with van der Waals surface area (Å²) >= 11 is 14.6. The highest BCUT2D eigenvalue weighted by Crippen LogP contribution is 2.24. The summed E-state index contributed by atoms with van der Waals surface area (Å²) in [6.07, 6.45) is -0.0501. The molecule has 0 aromatic heterocycles. The van der Waals surface area contributed by atoms with E-state index in [2.05, 4.69) is 26.6 Å². The maximum absolute atomic E-state index is 12.5. The first kappa shape index (κ1) is 18.7. The van der Waals surface area contributed by atoms with Crippen molar-refractivity contribution in [3.8, 4) is 5.75 Å². The molecule has 2 aromatic rings. The maximum Gasteiger partial charge on any atom is 0.261 e. The van der Waals surface area contributed by atoms with Gasteiger partial charge in [-0.1, -0.05) is 39.7 Å². The van der Waals surface area contributed by atoms with Gasteiger partial charge < -0.3 is 10.1 Å². The van der Waals surface area contributed by atoms with Gasteiger partial charge in [-0.2, -0.15) is 0 Å². The summed E-state index contributed by atoms with van der Waals surface area (Å²) in [4.78, 5) is 12.5. The van der Waals surface area contributed by atoms with Crippen molar-refractivity contribution in [1.82, 2.24) is 5.32 Å². The third-order valence-corrected chi connectivity index (χ3v) is 3.92. The van der Waals surface area contributed by atoms with E-state index in [1.165, 1.54) is 0 Å². The lowest BCUT2D eigenvalue weighted by Gasteiger charge is -2.15. The van der Waals surface area contributed by atoms with Gasteiger partial charge in [0, 0.05) is 4.47 Å². The molecule has 4 nitrogen and oxygen atoms in total. The van der Waals surface area contributed by atoms with E-state index in [1.807, 2.05) is 32.0 Å². The van der Waals surface area contributed by atoms with Gasteiger partial charge >= 0.3 is 0 Å². The number of hydrogen-bond acceptors (Lipinski definition) is 3. The van der Waals surface area contributed by atoms with E-state index in [9.17, 15) is 4.79 Å². The fraction of sp³-hybridized carbons (Fsp3) is 0.176. The number of para-hydroxylation sites is 1. The van der Waals surface area contributed by atoms with Gasteiger partial charge in [0.05, 0.1) is 22.4 Å². The zero-order chi connectivity index (χ0) is 17.7. The molecule has 0 fully saturated rings. The molecule has 2 N–H and O–H groups in total. The Bertz CT molecular complexity index is 768. The van der Waals surface area contributed by atoms with Gasteiger partial charge in [0.25, 0.3) is 5.91 Å². The fourth-order valence-corrected chi connectivity index (χ4v) is 2.67. The van der Waals surface area contributed by atoms with E-state index < -0.39 is 0 Å². The van der Waals surface area contributed by atoms with Gasteiger partial charge in [-0.15, -0.1) is 0 Å². The van der Waals surface area contributed by atoms with Crippen LogP contribution in [0.1, 0.15) is 24.2 Å². The minimum atomic E-state index is -0.364. The molecule has 0 bridgehead atoms. The van der Waals surface area contributed by atoms with Crippen LogP contribution in [-0.4, -0.2) is 17.1 Å². The maximum atomic E-state index is 12.5. The molecule has 0 saturated carbocycles. The van der Waals surface area contributed by atoms with Gasteiger partial charge in [-0.25, -0.2) is 0 Å². The Morgan fingerprint density at radius 3 is 2.62 bits per heavy atom. The number of hydrogen-bond donors (Lipinski definition) is 2. The molecule has 126 valence electrons. The summed E-state index contributed by atoms with van der Waals surface area (Å²) in [5.74, 6) is 0.128. The zero-order valence-electron chi connectivity index (χ0n) is 13.1. The Balaban J connectivity index is 2.13. The molecule has 0 aliphatic rings. The number of carbonyl (C=O) groups excluding carboxylic acids is 1. The van der Waals surface area contributed by atoms with Crippen LogP contribution in [0.2, 0.25) is 5.02 Å². The average molecular weight is 428 g/mol. The van der Waals surface area contributed by atoms with Gasteiger partial charge in [0.15, 0.2) is 5.11 Å². The predicted molar refractivity (Wildman–Crippen MR) is 105 cm³/mol. The summed E-state index contributed by atoms with van der Waals surface area (Å²) in [6, 6.07) is 12.4. The second-order valence-corrected chi connectivity index (χ2v) is 6.93. The largest absolute Gasteiger partial charge is 0.490 e. The van der Waals surface area contributed by atoms with Crippen LogP contribution in [0.15, 0.2) is 46.9 Å². The van der Waals surface area contributed by atoms with E-state index in [4.69, 9.17) is 28.6 Å². The molecule has 1 amide bonds. The quantitative estimate of drug-likeness (QED) is 0.673. The first-order valence-corrected chi connectivity index (χ1v) is 8.78. The van der Waals surface area contributed by atoms with Crippen molar-refractivity contribution in [1.29, 1.82) is 0 Å². The molecule has 0 atom stereocenters. The predicted octanol–water partition coefficient (Wildman–Crippen LogP) is 5.02. The molecule has 0 radical (unpaired) electrons. The van der Waals surface area contributed by atoms with Crippen molar-refractivity contribution in [2.24, 2.45) is 0 Å². The first-order chi connectivity index (χ1) is 11.4. The molecule has 24 heavy (non-hydrogen) atoms. The standard InChI is InChI=1S/C17H16BrClN2O2S/c1-10(2)23-15-8-7-11(18)9-12(15)16(22)21-17(24)20-14-6-4-3-5-13(14)19/h3-10H,1-2H3,(H2,20,21,22,24). The molecule has 0 spiro atoms. The van der Waals surface area contributed by atoms with Crippen LogP contribution in [0.25, 0.3) is 0 Å². The van der Waals surface area contributed by atoms with Crippen LogP contribution in [0.5, 0.6) is 5.75 Å². The molecule has 0 aliphatic carbocycles. The first-order valence-electron chi connectivity index (χ1n) is 7.20. The molecule has 2 aromatic carbocycles. The lowest BCUT2D eigenvalue weighted by Crippen LogP contribution is -2.34. The normalized spacial score (nSPS) is 10.4. The smallest absolute Gasteiger partial charge is 0.261 e. The van der Waals surface area contributed by atoms with Crippen molar-refractivity contribution in [3.05, 3.63) is 57.5 Å². The lowest BCUT2D eigenvalue weighted by atomic mass is 10.2. The van der Waals surface area contributed by atoms with Gasteiger partial charge in [0.2, 0.25) is 0 Å². The van der Waals surface area contributed by atoms with Gasteiger partial charge in [0.1, 0.15) is 5.75 Å². The van der Waals surface area contributed by atoms with Crippen molar-refractivity contribution in [3.63, 3.8) is 0 Å². The van der Waals surface area contributed by atoms with Crippen molar-refractivity contribution in [2.45, 2.75) is 20.0 Å². The van der Waals surface area contributed by atoms with Gasteiger partial charge in [-0.3, -0.25) is 10.1 Å². The number of nitrogens with one attached hydrogen (secondary N) is 2. The van der Waals surface area contributed by atoms with Crippen LogP contribution < -0.4 is 15.4 Å². The minimum Gasteiger partial charge on any atom is -0.490 e. The van der Waals surface area contributed by atoms with Crippen LogP contribution in [-0.2, 0) is 0 Å². The molecular formula is C17H16BrClN2O2S. The van der Waals surface area contributed by atoms with E-state index >= 15 is 0 Å². The molecule has 0 heterocycles. The molecular weight excluding hydrogens is 412 g/mol. The number of carbonyl (C=O) groups is 1. The number of ether oxygens (including phenoxy) is 1. The zero-order valence-corrected chi connectivity index (χ0v) is 16.3. The number of benzene rings is 2. The number of rotatable bonds is 4. The minimum absolute atomic E-state index is 0.0501. The van der Waals surface area contributed by atoms with Crippen LogP contribution in [0.4, 0.5) is 5.69 Å².